The molecule has 0 bridgehead atoms. The molecule has 0 amide bonds. The number of fused-ring (bicyclic) bond motifs is 6. The molecule has 14 rings (SSSR count). The standard InChI is InChI=1S/C66H58N4/c1-63-37-11-13-39-65(63,3)69(47-17-7-5-8-18-47)59-35-29-45(41-53(59)63)55-21-15-23-57(67-55)49-31-25-43-28-34-52-50(32-26-44-27-33-51(49)61(43)62(44)52)58-24-16-22-56(68-58)46-30-36-60-54(42-46)64(2)38-12-14-40-66(64,4)70(60)48-19-9-6-10-20-48/h5-10,15-36,41-42H,11-14,37-40H2,1-4H3. The molecule has 4 heterocycles. The van der Waals surface area contributed by atoms with Crippen LogP contribution in [0.5, 0.6) is 0 Å². The van der Waals surface area contributed by atoms with Crippen LogP contribution in [-0.2, 0) is 10.8 Å². The second-order valence-corrected chi connectivity index (χ2v) is 21.9. The van der Waals surface area contributed by atoms with E-state index in [9.17, 15) is 0 Å². The van der Waals surface area contributed by atoms with Crippen molar-refractivity contribution in [2.45, 2.75) is 101 Å². The van der Waals surface area contributed by atoms with Crippen LogP contribution < -0.4 is 9.80 Å². The molecule has 342 valence electrons. The summed E-state index contributed by atoms with van der Waals surface area (Å²) < 4.78 is 0. The van der Waals surface area contributed by atoms with Gasteiger partial charge in [0.25, 0.3) is 0 Å². The molecule has 0 saturated heterocycles. The first-order valence-electron chi connectivity index (χ1n) is 25.8. The van der Waals surface area contributed by atoms with Crippen molar-refractivity contribution < 1.29 is 0 Å². The van der Waals surface area contributed by atoms with Gasteiger partial charge in [-0.15, -0.1) is 0 Å². The minimum atomic E-state index is 0.00730. The van der Waals surface area contributed by atoms with Gasteiger partial charge in [-0.25, -0.2) is 9.97 Å². The molecule has 10 aromatic rings. The molecular weight excluding hydrogens is 849 g/mol. The molecule has 2 aliphatic carbocycles. The zero-order valence-electron chi connectivity index (χ0n) is 40.8. The van der Waals surface area contributed by atoms with Crippen molar-refractivity contribution in [2.24, 2.45) is 0 Å². The highest BCUT2D eigenvalue weighted by atomic mass is 15.3. The summed E-state index contributed by atoms with van der Waals surface area (Å²) in [7, 11) is 0. The van der Waals surface area contributed by atoms with Gasteiger partial charge in [-0.3, -0.25) is 0 Å². The Kier molecular flexibility index (Phi) is 8.99. The van der Waals surface area contributed by atoms with Gasteiger partial charge in [-0.05, 0) is 156 Å². The summed E-state index contributed by atoms with van der Waals surface area (Å²) in [5.41, 5.74) is 16.9. The Balaban J connectivity index is 0.842. The van der Waals surface area contributed by atoms with E-state index in [-0.39, 0.29) is 21.9 Å². The summed E-state index contributed by atoms with van der Waals surface area (Å²) >= 11 is 0. The van der Waals surface area contributed by atoms with Crippen LogP contribution in [0.25, 0.3) is 77.3 Å². The maximum absolute atomic E-state index is 5.49. The highest BCUT2D eigenvalue weighted by Crippen LogP contribution is 2.63. The first-order chi connectivity index (χ1) is 34.2. The maximum Gasteiger partial charge on any atom is 0.0715 e. The Hall–Kier alpha value is -7.30. The van der Waals surface area contributed by atoms with Crippen molar-refractivity contribution in [3.63, 3.8) is 0 Å². The van der Waals surface area contributed by atoms with E-state index < -0.39 is 0 Å². The maximum atomic E-state index is 5.49. The molecule has 2 aliphatic heterocycles. The fourth-order valence-electron chi connectivity index (χ4n) is 14.5. The SMILES string of the molecule is CC12CCCCC1(C)N(c1ccccc1)c1ccc(-c3cccc(-c4ccc5ccc6c(-c7cccc(-c8ccc9c(c8)C8(C)CCCCC8(C)N9c8ccccc8)n7)ccc7ccc4c5c76)n3)cc12. The lowest BCUT2D eigenvalue weighted by molar-refractivity contribution is 0.195. The fourth-order valence-corrected chi connectivity index (χ4v) is 14.5. The minimum Gasteiger partial charge on any atom is -0.334 e. The number of hydrogen-bond acceptors (Lipinski definition) is 4. The van der Waals surface area contributed by atoms with Crippen molar-refractivity contribution in [2.75, 3.05) is 9.80 Å². The number of benzene rings is 8. The van der Waals surface area contributed by atoms with E-state index in [4.69, 9.17) is 9.97 Å². The molecule has 2 saturated carbocycles. The highest BCUT2D eigenvalue weighted by Gasteiger charge is 2.59. The number of aromatic nitrogens is 2. The second kappa shape index (κ2) is 15.1. The zero-order chi connectivity index (χ0) is 47.0. The van der Waals surface area contributed by atoms with Crippen molar-refractivity contribution in [3.05, 3.63) is 193 Å². The normalized spacial score (nSPS) is 23.7. The molecule has 4 heteroatoms. The molecule has 4 unspecified atom stereocenters. The van der Waals surface area contributed by atoms with Crippen LogP contribution >= 0.6 is 0 Å². The molecule has 70 heavy (non-hydrogen) atoms. The predicted molar refractivity (Wildman–Crippen MR) is 293 cm³/mol. The van der Waals surface area contributed by atoms with Gasteiger partial charge >= 0.3 is 0 Å². The van der Waals surface area contributed by atoms with Crippen LogP contribution in [0.4, 0.5) is 22.7 Å². The lowest BCUT2D eigenvalue weighted by atomic mass is 9.61. The topological polar surface area (TPSA) is 32.3 Å². The quantitative estimate of drug-likeness (QED) is 0.156. The number of anilines is 4. The Morgan fingerprint density at radius 1 is 0.371 bits per heavy atom. The summed E-state index contributed by atoms with van der Waals surface area (Å²) in [6.45, 7) is 10.0. The number of para-hydroxylation sites is 2. The summed E-state index contributed by atoms with van der Waals surface area (Å²) in [6, 6.07) is 67.9. The second-order valence-electron chi connectivity index (χ2n) is 21.9. The van der Waals surface area contributed by atoms with Gasteiger partial charge in [-0.2, -0.15) is 0 Å². The number of pyridine rings is 2. The van der Waals surface area contributed by atoms with Gasteiger partial charge in [0.2, 0.25) is 0 Å². The minimum absolute atomic E-state index is 0.00730. The molecule has 2 fully saturated rings. The Labute approximate surface area is 412 Å². The summed E-state index contributed by atoms with van der Waals surface area (Å²) in [4.78, 5) is 16.3. The largest absolute Gasteiger partial charge is 0.334 e. The Morgan fingerprint density at radius 3 is 1.21 bits per heavy atom. The Bertz CT molecular complexity index is 3470. The van der Waals surface area contributed by atoms with E-state index in [1.807, 2.05) is 0 Å². The molecule has 0 spiro atoms. The third-order valence-electron chi connectivity index (χ3n) is 18.5. The van der Waals surface area contributed by atoms with Crippen molar-refractivity contribution in [1.29, 1.82) is 0 Å². The number of nitrogens with zero attached hydrogens (tertiary/aromatic N) is 4. The summed E-state index contributed by atoms with van der Waals surface area (Å²) in [5.74, 6) is 0. The van der Waals surface area contributed by atoms with Gasteiger partial charge in [0.1, 0.15) is 0 Å². The fraction of sp³-hybridized carbons (Fsp3) is 0.242. The van der Waals surface area contributed by atoms with Gasteiger partial charge in [0.05, 0.1) is 33.9 Å². The molecule has 0 N–H and O–H groups in total. The van der Waals surface area contributed by atoms with Crippen molar-refractivity contribution in [3.8, 4) is 45.0 Å². The van der Waals surface area contributed by atoms with Crippen LogP contribution in [0.2, 0.25) is 0 Å². The molecule has 8 aromatic carbocycles. The van der Waals surface area contributed by atoms with Gasteiger partial charge < -0.3 is 9.80 Å². The van der Waals surface area contributed by atoms with E-state index in [1.54, 1.807) is 0 Å². The van der Waals surface area contributed by atoms with Gasteiger partial charge in [0, 0.05) is 55.8 Å². The lowest BCUT2D eigenvalue weighted by Gasteiger charge is -2.50. The molecule has 0 radical (unpaired) electrons. The van der Waals surface area contributed by atoms with E-state index in [0.717, 1.165) is 33.9 Å². The zero-order valence-corrected chi connectivity index (χ0v) is 40.8. The molecule has 4 aliphatic rings. The molecule has 2 aromatic heterocycles. The number of rotatable bonds is 6. The monoisotopic (exact) mass is 906 g/mol. The smallest absolute Gasteiger partial charge is 0.0715 e. The highest BCUT2D eigenvalue weighted by molar-refractivity contribution is 6.27. The van der Waals surface area contributed by atoms with Crippen LogP contribution in [0.15, 0.2) is 182 Å². The van der Waals surface area contributed by atoms with E-state index in [0.29, 0.717) is 0 Å². The van der Waals surface area contributed by atoms with Gasteiger partial charge in [-0.1, -0.05) is 149 Å². The van der Waals surface area contributed by atoms with Crippen LogP contribution in [-0.4, -0.2) is 21.0 Å². The van der Waals surface area contributed by atoms with Crippen LogP contribution in [0, 0.1) is 0 Å². The molecule has 4 atom stereocenters. The predicted octanol–water partition coefficient (Wildman–Crippen LogP) is 17.5. The molecular formula is C66H58N4. The average molecular weight is 907 g/mol. The summed E-state index contributed by atoms with van der Waals surface area (Å²) in [5, 5.41) is 7.49. The third-order valence-corrected chi connectivity index (χ3v) is 18.5. The van der Waals surface area contributed by atoms with E-state index in [2.05, 4.69) is 219 Å². The number of hydrogen-bond donors (Lipinski definition) is 0. The van der Waals surface area contributed by atoms with Crippen LogP contribution in [0.1, 0.15) is 90.2 Å². The first kappa shape index (κ1) is 41.7. The third kappa shape index (κ3) is 5.71. The van der Waals surface area contributed by atoms with Crippen molar-refractivity contribution in [1.82, 2.24) is 9.97 Å². The summed E-state index contributed by atoms with van der Waals surface area (Å²) in [6.07, 6.45) is 9.76. The van der Waals surface area contributed by atoms with Gasteiger partial charge in [0.15, 0.2) is 0 Å². The average Bonchev–Trinajstić information content (AvgIpc) is 3.75. The van der Waals surface area contributed by atoms with E-state index >= 15 is 0 Å². The van der Waals surface area contributed by atoms with Crippen LogP contribution in [0.3, 0.4) is 0 Å². The van der Waals surface area contributed by atoms with E-state index in [1.165, 1.54) is 129 Å². The first-order valence-corrected chi connectivity index (χ1v) is 25.8. The van der Waals surface area contributed by atoms with Crippen molar-refractivity contribution >= 4 is 55.1 Å². The lowest BCUT2D eigenvalue weighted by Crippen LogP contribution is -2.54. The Morgan fingerprint density at radius 2 is 0.771 bits per heavy atom. The molecule has 4 nitrogen and oxygen atoms in total.